The van der Waals surface area contributed by atoms with Crippen LogP contribution in [0.25, 0.3) is 0 Å². The van der Waals surface area contributed by atoms with Crippen LogP contribution in [0.5, 0.6) is 0 Å². The number of pyridine rings is 1. The van der Waals surface area contributed by atoms with E-state index in [0.717, 1.165) is 5.56 Å². The zero-order valence-electron chi connectivity index (χ0n) is 15.3. The fraction of sp³-hybridized carbons (Fsp3) is 0.632. The standard InChI is InChI=1S/C19H23F2N3O2/c1-17(2,3)26-16(25)24-7-6-18(11-19(20,21)12-18)8-15(24)13-4-5-14(9-22)23-10-13/h4-5,10,15H,6-8,11-12H2,1-3H3. The van der Waals surface area contributed by atoms with Crippen molar-refractivity contribution < 1.29 is 18.3 Å². The van der Waals surface area contributed by atoms with Crippen LogP contribution in [0, 0.1) is 16.7 Å². The Morgan fingerprint density at radius 2 is 2.08 bits per heavy atom. The van der Waals surface area contributed by atoms with Crippen molar-refractivity contribution in [2.75, 3.05) is 6.54 Å². The number of ether oxygens (including phenoxy) is 1. The van der Waals surface area contributed by atoms with E-state index < -0.39 is 23.0 Å². The van der Waals surface area contributed by atoms with Crippen LogP contribution in [-0.2, 0) is 4.74 Å². The number of halogens is 2. The minimum Gasteiger partial charge on any atom is -0.444 e. The SMILES string of the molecule is CC(C)(C)OC(=O)N1CCC2(CC1c1ccc(C#N)nc1)CC(F)(F)C2. The maximum Gasteiger partial charge on any atom is 0.410 e. The van der Waals surface area contributed by atoms with E-state index in [1.54, 1.807) is 44.0 Å². The van der Waals surface area contributed by atoms with Crippen molar-refractivity contribution in [3.05, 3.63) is 29.6 Å². The van der Waals surface area contributed by atoms with E-state index >= 15 is 0 Å². The van der Waals surface area contributed by atoms with Crippen LogP contribution in [0.15, 0.2) is 18.3 Å². The Bertz CT molecular complexity index is 727. The first-order chi connectivity index (χ1) is 12.0. The summed E-state index contributed by atoms with van der Waals surface area (Å²) in [5, 5.41) is 8.91. The number of carbonyl (C=O) groups excluding carboxylic acids is 1. The molecule has 3 rings (SSSR count). The van der Waals surface area contributed by atoms with Gasteiger partial charge in [-0.25, -0.2) is 18.6 Å². The molecule has 1 aliphatic heterocycles. The summed E-state index contributed by atoms with van der Waals surface area (Å²) in [7, 11) is 0. The summed E-state index contributed by atoms with van der Waals surface area (Å²) >= 11 is 0. The molecule has 26 heavy (non-hydrogen) atoms. The van der Waals surface area contributed by atoms with Crippen molar-refractivity contribution in [3.8, 4) is 6.07 Å². The van der Waals surface area contributed by atoms with Crippen LogP contribution < -0.4 is 0 Å². The average Bonchev–Trinajstić information content (AvgIpc) is 2.51. The van der Waals surface area contributed by atoms with Crippen LogP contribution in [0.2, 0.25) is 0 Å². The smallest absolute Gasteiger partial charge is 0.410 e. The van der Waals surface area contributed by atoms with Crippen molar-refractivity contribution in [3.63, 3.8) is 0 Å². The van der Waals surface area contributed by atoms with Crippen LogP contribution in [0.3, 0.4) is 0 Å². The van der Waals surface area contributed by atoms with E-state index in [1.165, 1.54) is 0 Å². The van der Waals surface area contributed by atoms with Gasteiger partial charge in [-0.1, -0.05) is 6.07 Å². The number of hydrogen-bond donors (Lipinski definition) is 0. The highest BCUT2D eigenvalue weighted by molar-refractivity contribution is 5.69. The van der Waals surface area contributed by atoms with E-state index in [2.05, 4.69) is 4.98 Å². The van der Waals surface area contributed by atoms with Gasteiger partial charge in [-0.2, -0.15) is 5.26 Å². The second-order valence-electron chi connectivity index (χ2n) is 8.44. The molecule has 7 heteroatoms. The van der Waals surface area contributed by atoms with Crippen LogP contribution in [0.4, 0.5) is 13.6 Å². The Labute approximate surface area is 152 Å². The maximum atomic E-state index is 13.5. The fourth-order valence-corrected chi connectivity index (χ4v) is 4.01. The Hall–Kier alpha value is -2.23. The quantitative estimate of drug-likeness (QED) is 0.740. The van der Waals surface area contributed by atoms with Crippen molar-refractivity contribution in [1.29, 1.82) is 5.26 Å². The predicted molar refractivity (Wildman–Crippen MR) is 90.5 cm³/mol. The molecule has 0 aromatic carbocycles. The van der Waals surface area contributed by atoms with Gasteiger partial charge in [0.2, 0.25) is 5.92 Å². The van der Waals surface area contributed by atoms with Gasteiger partial charge in [-0.3, -0.25) is 0 Å². The molecule has 1 amide bonds. The van der Waals surface area contributed by atoms with Gasteiger partial charge in [-0.15, -0.1) is 0 Å². The number of aromatic nitrogens is 1. The Balaban J connectivity index is 1.86. The topological polar surface area (TPSA) is 66.2 Å². The van der Waals surface area contributed by atoms with Crippen LogP contribution in [0.1, 0.15) is 63.8 Å². The molecule has 1 saturated carbocycles. The van der Waals surface area contributed by atoms with Gasteiger partial charge in [-0.05, 0) is 50.7 Å². The zero-order chi connectivity index (χ0) is 19.2. The molecule has 1 atom stereocenters. The van der Waals surface area contributed by atoms with E-state index in [9.17, 15) is 13.6 Å². The number of nitriles is 1. The number of hydrogen-bond acceptors (Lipinski definition) is 4. The number of amides is 1. The summed E-state index contributed by atoms with van der Waals surface area (Å²) in [5.74, 6) is -2.61. The molecule has 0 bridgehead atoms. The molecule has 0 radical (unpaired) electrons. The lowest BCUT2D eigenvalue weighted by Crippen LogP contribution is -2.54. The summed E-state index contributed by atoms with van der Waals surface area (Å²) in [6.45, 7) is 5.75. The lowest BCUT2D eigenvalue weighted by molar-refractivity contribution is -0.183. The summed E-state index contributed by atoms with van der Waals surface area (Å²) in [6, 6.07) is 4.90. The molecule has 5 nitrogen and oxygen atoms in total. The molecule has 1 aliphatic carbocycles. The third-order valence-electron chi connectivity index (χ3n) is 5.07. The van der Waals surface area contributed by atoms with Gasteiger partial charge in [0.25, 0.3) is 0 Å². The van der Waals surface area contributed by atoms with Gasteiger partial charge in [0.1, 0.15) is 17.4 Å². The number of carbonyl (C=O) groups is 1. The molecule has 2 fully saturated rings. The van der Waals surface area contributed by atoms with E-state index in [4.69, 9.17) is 10.00 Å². The third-order valence-corrected chi connectivity index (χ3v) is 5.07. The Kier molecular flexibility index (Phi) is 4.41. The zero-order valence-corrected chi connectivity index (χ0v) is 15.3. The lowest BCUT2D eigenvalue weighted by atomic mass is 9.59. The van der Waals surface area contributed by atoms with Crippen molar-refractivity contribution in [2.24, 2.45) is 5.41 Å². The predicted octanol–water partition coefficient (Wildman–Crippen LogP) is 4.44. The lowest BCUT2D eigenvalue weighted by Gasteiger charge is -2.54. The van der Waals surface area contributed by atoms with Gasteiger partial charge < -0.3 is 9.64 Å². The number of nitrogens with zero attached hydrogens (tertiary/aromatic N) is 3. The molecular weight excluding hydrogens is 340 g/mol. The number of alkyl halides is 2. The first-order valence-electron chi connectivity index (χ1n) is 8.76. The van der Waals surface area contributed by atoms with Gasteiger partial charge in [0.15, 0.2) is 0 Å². The molecule has 1 spiro atoms. The highest BCUT2D eigenvalue weighted by Gasteiger charge is 2.59. The maximum absolute atomic E-state index is 13.5. The van der Waals surface area contributed by atoms with Gasteiger partial charge in [0.05, 0.1) is 6.04 Å². The molecule has 1 saturated heterocycles. The van der Waals surface area contributed by atoms with Gasteiger partial charge in [0, 0.05) is 25.6 Å². The number of rotatable bonds is 1. The molecule has 1 aromatic rings. The largest absolute Gasteiger partial charge is 0.444 e. The van der Waals surface area contributed by atoms with Crippen molar-refractivity contribution >= 4 is 6.09 Å². The highest BCUT2D eigenvalue weighted by atomic mass is 19.3. The summed E-state index contributed by atoms with van der Waals surface area (Å²) in [4.78, 5) is 18.3. The van der Waals surface area contributed by atoms with Crippen molar-refractivity contribution in [2.45, 2.75) is 64.0 Å². The summed E-state index contributed by atoms with van der Waals surface area (Å²) in [5.41, 5.74) is -0.0635. The van der Waals surface area contributed by atoms with Crippen LogP contribution in [-0.4, -0.2) is 34.0 Å². The van der Waals surface area contributed by atoms with Crippen molar-refractivity contribution in [1.82, 2.24) is 9.88 Å². The average molecular weight is 363 g/mol. The first-order valence-corrected chi connectivity index (χ1v) is 8.76. The van der Waals surface area contributed by atoms with E-state index in [-0.39, 0.29) is 24.6 Å². The highest BCUT2D eigenvalue weighted by Crippen LogP contribution is 2.60. The number of likely N-dealkylation sites (tertiary alicyclic amines) is 1. The Morgan fingerprint density at radius 1 is 1.38 bits per heavy atom. The first kappa shape index (κ1) is 18.6. The fourth-order valence-electron chi connectivity index (χ4n) is 4.01. The molecule has 1 aromatic heterocycles. The molecule has 0 N–H and O–H groups in total. The van der Waals surface area contributed by atoms with Crippen LogP contribution >= 0.6 is 0 Å². The second kappa shape index (κ2) is 6.19. The second-order valence-corrected chi connectivity index (χ2v) is 8.44. The van der Waals surface area contributed by atoms with E-state index in [1.807, 2.05) is 6.07 Å². The summed E-state index contributed by atoms with van der Waals surface area (Å²) < 4.78 is 32.5. The van der Waals surface area contributed by atoms with E-state index in [0.29, 0.717) is 19.4 Å². The Morgan fingerprint density at radius 3 is 2.58 bits per heavy atom. The van der Waals surface area contributed by atoms with Gasteiger partial charge >= 0.3 is 6.09 Å². The molecular formula is C19H23F2N3O2. The summed E-state index contributed by atoms with van der Waals surface area (Å²) in [6.07, 6.45) is 1.83. The molecule has 1 unspecified atom stereocenters. The monoisotopic (exact) mass is 363 g/mol. The molecule has 140 valence electrons. The third kappa shape index (κ3) is 3.79. The minimum absolute atomic E-state index is 0.137. The molecule has 2 aliphatic rings. The minimum atomic E-state index is -2.61. The normalized spacial score (nSPS) is 23.8. The number of piperidine rings is 1. The molecule has 2 heterocycles.